The lowest BCUT2D eigenvalue weighted by Crippen LogP contribution is -2.50. The van der Waals surface area contributed by atoms with Crippen molar-refractivity contribution in [1.82, 2.24) is 15.9 Å². The molecule has 0 saturated heterocycles. The highest BCUT2D eigenvalue weighted by Crippen LogP contribution is 2.00. The summed E-state index contributed by atoms with van der Waals surface area (Å²) >= 11 is 0. The molecule has 0 aromatic carbocycles. The lowest BCUT2D eigenvalue weighted by atomic mass is 10.2. The Morgan fingerprint density at radius 2 is 1.56 bits per heavy atom. The SMILES string of the molecule is CCCCCN(CCCCC)NC(=O)NN. The van der Waals surface area contributed by atoms with Gasteiger partial charge >= 0.3 is 6.03 Å². The maximum absolute atomic E-state index is 11.1. The van der Waals surface area contributed by atoms with E-state index < -0.39 is 0 Å². The molecule has 0 aliphatic carbocycles. The molecule has 4 N–H and O–H groups in total. The molecule has 0 fully saturated rings. The maximum Gasteiger partial charge on any atom is 0.343 e. The van der Waals surface area contributed by atoms with Crippen LogP contribution in [0.1, 0.15) is 52.4 Å². The lowest BCUT2D eigenvalue weighted by molar-refractivity contribution is 0.171. The third kappa shape index (κ3) is 8.49. The van der Waals surface area contributed by atoms with Crippen molar-refractivity contribution in [1.29, 1.82) is 0 Å². The van der Waals surface area contributed by atoms with Crippen LogP contribution in [0, 0.1) is 0 Å². The molecular formula is C11H26N4O. The van der Waals surface area contributed by atoms with Gasteiger partial charge in [0.25, 0.3) is 0 Å². The minimum Gasteiger partial charge on any atom is -0.275 e. The zero-order valence-electron chi connectivity index (χ0n) is 10.6. The molecule has 5 nitrogen and oxygen atoms in total. The Bertz CT molecular complexity index is 165. The van der Waals surface area contributed by atoms with Crippen LogP contribution in [0.4, 0.5) is 4.79 Å². The van der Waals surface area contributed by atoms with E-state index in [1.807, 2.05) is 5.01 Å². The molecule has 0 spiro atoms. The Kier molecular flexibility index (Phi) is 10.2. The maximum atomic E-state index is 11.1. The Morgan fingerprint density at radius 1 is 1.06 bits per heavy atom. The highest BCUT2D eigenvalue weighted by Gasteiger charge is 2.06. The van der Waals surface area contributed by atoms with E-state index in [0.717, 1.165) is 25.9 Å². The Morgan fingerprint density at radius 3 is 1.94 bits per heavy atom. The number of carbonyl (C=O) groups excluding carboxylic acids is 1. The van der Waals surface area contributed by atoms with E-state index in [4.69, 9.17) is 5.84 Å². The molecule has 0 aliphatic heterocycles. The van der Waals surface area contributed by atoms with E-state index in [-0.39, 0.29) is 6.03 Å². The molecule has 0 bridgehead atoms. The molecule has 0 heterocycles. The number of nitrogens with zero attached hydrogens (tertiary/aromatic N) is 1. The van der Waals surface area contributed by atoms with Crippen LogP contribution < -0.4 is 16.7 Å². The monoisotopic (exact) mass is 230 g/mol. The standard InChI is InChI=1S/C11H26N4O/c1-3-5-7-9-15(10-8-6-4-2)14-11(16)13-12/h3-10,12H2,1-2H3,(H2,13,14,16). The van der Waals surface area contributed by atoms with Gasteiger partial charge in [0.1, 0.15) is 0 Å². The predicted octanol–water partition coefficient (Wildman–Crippen LogP) is 1.76. The molecule has 0 aromatic heterocycles. The number of urea groups is 1. The zero-order chi connectivity index (χ0) is 12.2. The number of hydrogen-bond donors (Lipinski definition) is 3. The van der Waals surface area contributed by atoms with Crippen molar-refractivity contribution in [3.05, 3.63) is 0 Å². The van der Waals surface area contributed by atoms with Crippen LogP contribution in [-0.2, 0) is 0 Å². The molecule has 2 amide bonds. The van der Waals surface area contributed by atoms with Gasteiger partial charge in [-0.25, -0.2) is 15.6 Å². The first kappa shape index (κ1) is 15.2. The van der Waals surface area contributed by atoms with Crippen molar-refractivity contribution in [2.45, 2.75) is 52.4 Å². The van der Waals surface area contributed by atoms with Gasteiger partial charge in [0.05, 0.1) is 0 Å². The molecule has 16 heavy (non-hydrogen) atoms. The summed E-state index contributed by atoms with van der Waals surface area (Å²) < 4.78 is 0. The molecule has 0 radical (unpaired) electrons. The molecule has 0 rings (SSSR count). The fourth-order valence-corrected chi connectivity index (χ4v) is 1.50. The van der Waals surface area contributed by atoms with Crippen molar-refractivity contribution in [3.63, 3.8) is 0 Å². The van der Waals surface area contributed by atoms with E-state index in [1.165, 1.54) is 25.7 Å². The van der Waals surface area contributed by atoms with Crippen molar-refractivity contribution >= 4 is 6.03 Å². The minimum absolute atomic E-state index is 0.340. The van der Waals surface area contributed by atoms with E-state index in [9.17, 15) is 4.79 Å². The minimum atomic E-state index is -0.340. The van der Waals surface area contributed by atoms with Gasteiger partial charge in [0.15, 0.2) is 0 Å². The zero-order valence-corrected chi connectivity index (χ0v) is 10.6. The molecule has 0 aliphatic rings. The first-order valence-electron chi connectivity index (χ1n) is 6.26. The molecule has 0 unspecified atom stereocenters. The van der Waals surface area contributed by atoms with Crippen LogP contribution in [0.2, 0.25) is 0 Å². The number of unbranched alkanes of at least 4 members (excludes halogenated alkanes) is 4. The molecule has 5 heteroatoms. The van der Waals surface area contributed by atoms with E-state index in [0.29, 0.717) is 0 Å². The van der Waals surface area contributed by atoms with Gasteiger partial charge in [-0.1, -0.05) is 39.5 Å². The summed E-state index contributed by atoms with van der Waals surface area (Å²) in [5.41, 5.74) is 4.83. The van der Waals surface area contributed by atoms with Gasteiger partial charge in [-0.05, 0) is 12.8 Å². The summed E-state index contributed by atoms with van der Waals surface area (Å²) in [6.07, 6.45) is 6.96. The lowest BCUT2D eigenvalue weighted by Gasteiger charge is -2.22. The number of nitrogens with two attached hydrogens (primary N) is 1. The van der Waals surface area contributed by atoms with Gasteiger partial charge in [0, 0.05) is 13.1 Å². The van der Waals surface area contributed by atoms with E-state index >= 15 is 0 Å². The highest BCUT2D eigenvalue weighted by molar-refractivity contribution is 5.72. The normalized spacial score (nSPS) is 10.5. The van der Waals surface area contributed by atoms with E-state index in [2.05, 4.69) is 24.7 Å². The molecule has 0 atom stereocenters. The fourth-order valence-electron chi connectivity index (χ4n) is 1.50. The Hall–Kier alpha value is -0.810. The Balaban J connectivity index is 3.80. The summed E-state index contributed by atoms with van der Waals surface area (Å²) in [6.45, 7) is 6.12. The van der Waals surface area contributed by atoms with Crippen LogP contribution in [0.3, 0.4) is 0 Å². The first-order chi connectivity index (χ1) is 7.74. The van der Waals surface area contributed by atoms with Crippen LogP contribution in [0.15, 0.2) is 0 Å². The Labute approximate surface area is 98.7 Å². The second-order valence-corrected chi connectivity index (χ2v) is 3.99. The summed E-state index contributed by atoms with van der Waals surface area (Å²) in [4.78, 5) is 11.1. The largest absolute Gasteiger partial charge is 0.343 e. The van der Waals surface area contributed by atoms with Crippen LogP contribution in [-0.4, -0.2) is 24.1 Å². The third-order valence-electron chi connectivity index (χ3n) is 2.45. The molecule has 0 aromatic rings. The number of hydrogen-bond acceptors (Lipinski definition) is 3. The first-order valence-corrected chi connectivity index (χ1v) is 6.26. The predicted molar refractivity (Wildman–Crippen MR) is 66.5 cm³/mol. The molecular weight excluding hydrogens is 204 g/mol. The molecule has 0 saturated carbocycles. The average molecular weight is 230 g/mol. The summed E-state index contributed by atoms with van der Waals surface area (Å²) in [6, 6.07) is -0.340. The summed E-state index contributed by atoms with van der Waals surface area (Å²) in [7, 11) is 0. The number of hydrazine groups is 2. The van der Waals surface area contributed by atoms with Gasteiger partial charge in [-0.2, -0.15) is 0 Å². The fraction of sp³-hybridized carbons (Fsp3) is 0.909. The van der Waals surface area contributed by atoms with Crippen LogP contribution >= 0.6 is 0 Å². The third-order valence-corrected chi connectivity index (χ3v) is 2.45. The molecule has 96 valence electrons. The number of carbonyl (C=O) groups is 1. The number of rotatable bonds is 9. The van der Waals surface area contributed by atoms with Gasteiger partial charge in [-0.15, -0.1) is 0 Å². The van der Waals surface area contributed by atoms with Crippen molar-refractivity contribution in [2.24, 2.45) is 5.84 Å². The number of nitrogens with one attached hydrogen (secondary N) is 2. The van der Waals surface area contributed by atoms with E-state index in [1.54, 1.807) is 0 Å². The van der Waals surface area contributed by atoms with Gasteiger partial charge in [-0.3, -0.25) is 10.9 Å². The number of amides is 2. The average Bonchev–Trinajstić information content (AvgIpc) is 2.29. The highest BCUT2D eigenvalue weighted by atomic mass is 16.2. The summed E-state index contributed by atoms with van der Waals surface area (Å²) in [5.74, 6) is 5.04. The van der Waals surface area contributed by atoms with Crippen molar-refractivity contribution < 1.29 is 4.79 Å². The van der Waals surface area contributed by atoms with Crippen molar-refractivity contribution in [3.8, 4) is 0 Å². The van der Waals surface area contributed by atoms with Crippen LogP contribution in [0.25, 0.3) is 0 Å². The summed E-state index contributed by atoms with van der Waals surface area (Å²) in [5, 5.41) is 1.95. The second-order valence-electron chi connectivity index (χ2n) is 3.99. The smallest absolute Gasteiger partial charge is 0.275 e. The topological polar surface area (TPSA) is 70.4 Å². The second kappa shape index (κ2) is 10.7. The van der Waals surface area contributed by atoms with Gasteiger partial charge < -0.3 is 0 Å². The quantitative estimate of drug-likeness (QED) is 0.245. The van der Waals surface area contributed by atoms with Gasteiger partial charge in [0.2, 0.25) is 0 Å². The van der Waals surface area contributed by atoms with Crippen LogP contribution in [0.5, 0.6) is 0 Å². The van der Waals surface area contributed by atoms with Crippen molar-refractivity contribution in [2.75, 3.05) is 13.1 Å².